The molecule has 1 aliphatic carbocycles. The summed E-state index contributed by atoms with van der Waals surface area (Å²) in [4.78, 5) is 16.9. The molecule has 0 aromatic heterocycles. The van der Waals surface area contributed by atoms with Gasteiger partial charge in [0.15, 0.2) is 0 Å². The van der Waals surface area contributed by atoms with E-state index >= 15 is 0 Å². The largest absolute Gasteiger partial charge is 0.389 e. The molecule has 5 heteroatoms. The molecule has 1 aromatic rings. The maximum atomic E-state index is 12.2. The maximum Gasteiger partial charge on any atom is 0.227 e. The summed E-state index contributed by atoms with van der Waals surface area (Å²) in [5, 5.41) is 13.4. The van der Waals surface area contributed by atoms with E-state index in [9.17, 15) is 9.90 Å². The predicted molar refractivity (Wildman–Crippen MR) is 97.4 cm³/mol. The lowest BCUT2D eigenvalue weighted by Gasteiger charge is -2.34. The third-order valence-corrected chi connectivity index (χ3v) is 5.29. The van der Waals surface area contributed by atoms with Gasteiger partial charge in [-0.3, -0.25) is 4.79 Å². The maximum absolute atomic E-state index is 12.2. The van der Waals surface area contributed by atoms with Gasteiger partial charge < -0.3 is 20.2 Å². The summed E-state index contributed by atoms with van der Waals surface area (Å²) in [5.74, 6) is -0.0910. The first-order valence-electron chi connectivity index (χ1n) is 9.10. The second-order valence-electron chi connectivity index (χ2n) is 7.35. The lowest BCUT2D eigenvalue weighted by molar-refractivity contribution is -0.122. The van der Waals surface area contributed by atoms with Gasteiger partial charge in [-0.2, -0.15) is 0 Å². The first kappa shape index (κ1) is 17.2. The van der Waals surface area contributed by atoms with Crippen molar-refractivity contribution in [1.29, 1.82) is 0 Å². The van der Waals surface area contributed by atoms with Crippen LogP contribution < -0.4 is 10.2 Å². The van der Waals surface area contributed by atoms with E-state index in [4.69, 9.17) is 0 Å². The van der Waals surface area contributed by atoms with Gasteiger partial charge in [-0.05, 0) is 44.2 Å². The third kappa shape index (κ3) is 4.48. The third-order valence-electron chi connectivity index (χ3n) is 5.29. The highest BCUT2D eigenvalue weighted by atomic mass is 16.3. The molecule has 2 N–H and O–H groups in total. The first-order chi connectivity index (χ1) is 11.5. The summed E-state index contributed by atoms with van der Waals surface area (Å²) in [6.07, 6.45) is 4.88. The molecule has 0 atom stereocenters. The number of nitrogens with zero attached hydrogens (tertiary/aromatic N) is 2. The lowest BCUT2D eigenvalue weighted by Crippen LogP contribution is -2.44. The number of benzene rings is 1. The van der Waals surface area contributed by atoms with Gasteiger partial charge in [-0.1, -0.05) is 19.3 Å². The highest BCUT2D eigenvalue weighted by Crippen LogP contribution is 2.31. The van der Waals surface area contributed by atoms with Gasteiger partial charge in [0.2, 0.25) is 5.91 Å². The number of rotatable bonds is 4. The Bertz CT molecular complexity index is 544. The fraction of sp³-hybridized carbons (Fsp3) is 0.632. The van der Waals surface area contributed by atoms with Crippen LogP contribution in [0.3, 0.4) is 0 Å². The van der Waals surface area contributed by atoms with Crippen LogP contribution in [0.1, 0.15) is 38.5 Å². The zero-order chi connectivity index (χ0) is 17.0. The molecule has 1 saturated carbocycles. The molecular formula is C19H29N3O2. The van der Waals surface area contributed by atoms with E-state index in [0.717, 1.165) is 64.0 Å². The van der Waals surface area contributed by atoms with Gasteiger partial charge >= 0.3 is 0 Å². The number of anilines is 2. The smallest absolute Gasteiger partial charge is 0.227 e. The quantitative estimate of drug-likeness (QED) is 0.890. The van der Waals surface area contributed by atoms with E-state index < -0.39 is 5.60 Å². The zero-order valence-electron chi connectivity index (χ0n) is 14.6. The Balaban J connectivity index is 1.53. The van der Waals surface area contributed by atoms with E-state index in [1.807, 2.05) is 12.1 Å². The van der Waals surface area contributed by atoms with Gasteiger partial charge in [0, 0.05) is 37.6 Å². The summed E-state index contributed by atoms with van der Waals surface area (Å²) >= 11 is 0. The van der Waals surface area contributed by atoms with Gasteiger partial charge in [-0.25, -0.2) is 0 Å². The molecule has 0 spiro atoms. The fourth-order valence-corrected chi connectivity index (χ4v) is 3.71. The number of hydrogen-bond acceptors (Lipinski definition) is 4. The molecule has 2 aliphatic rings. The molecule has 0 unspecified atom stereocenters. The molecule has 132 valence electrons. The molecule has 1 aromatic carbocycles. The number of amides is 1. The second kappa shape index (κ2) is 7.53. The zero-order valence-corrected chi connectivity index (χ0v) is 14.6. The van der Waals surface area contributed by atoms with Crippen molar-refractivity contribution >= 4 is 17.3 Å². The molecule has 3 rings (SSSR count). The van der Waals surface area contributed by atoms with Crippen LogP contribution in [0.25, 0.3) is 0 Å². The topological polar surface area (TPSA) is 55.8 Å². The molecule has 24 heavy (non-hydrogen) atoms. The highest BCUT2D eigenvalue weighted by molar-refractivity contribution is 5.91. The summed E-state index contributed by atoms with van der Waals surface area (Å²) in [5.41, 5.74) is 1.20. The van der Waals surface area contributed by atoms with Crippen LogP contribution >= 0.6 is 0 Å². The van der Waals surface area contributed by atoms with Crippen LogP contribution in [-0.4, -0.2) is 54.7 Å². The van der Waals surface area contributed by atoms with Gasteiger partial charge in [0.25, 0.3) is 0 Å². The van der Waals surface area contributed by atoms with Crippen molar-refractivity contribution in [2.75, 3.05) is 43.4 Å². The van der Waals surface area contributed by atoms with Crippen LogP contribution in [-0.2, 0) is 4.79 Å². The Hall–Kier alpha value is -1.59. The molecule has 1 aliphatic heterocycles. The van der Waals surface area contributed by atoms with Crippen molar-refractivity contribution in [3.63, 3.8) is 0 Å². The van der Waals surface area contributed by atoms with E-state index in [1.54, 1.807) is 0 Å². The van der Waals surface area contributed by atoms with E-state index in [1.165, 1.54) is 5.69 Å². The molecule has 0 radical (unpaired) electrons. The van der Waals surface area contributed by atoms with Crippen molar-refractivity contribution in [2.45, 2.75) is 44.1 Å². The molecular weight excluding hydrogens is 302 g/mol. The van der Waals surface area contributed by atoms with Crippen LogP contribution in [0.15, 0.2) is 24.3 Å². The summed E-state index contributed by atoms with van der Waals surface area (Å²) < 4.78 is 0. The number of hydrogen-bond donors (Lipinski definition) is 2. The fourth-order valence-electron chi connectivity index (χ4n) is 3.71. The van der Waals surface area contributed by atoms with Crippen molar-refractivity contribution in [3.8, 4) is 0 Å². The molecule has 1 heterocycles. The lowest BCUT2D eigenvalue weighted by atomic mass is 9.82. The highest BCUT2D eigenvalue weighted by Gasteiger charge is 2.31. The van der Waals surface area contributed by atoms with Gasteiger partial charge in [0.1, 0.15) is 0 Å². The molecule has 1 saturated heterocycles. The predicted octanol–water partition coefficient (Wildman–Crippen LogP) is 2.46. The van der Waals surface area contributed by atoms with Gasteiger partial charge in [-0.15, -0.1) is 0 Å². The number of carbonyl (C=O) groups excluding carboxylic acids is 1. The number of carbonyl (C=O) groups is 1. The van der Waals surface area contributed by atoms with Crippen molar-refractivity contribution in [1.82, 2.24) is 4.90 Å². The SMILES string of the molecule is CN1CCN(c2ccc(NC(=O)CC3(O)CCCCC3)cc2)CC1. The molecule has 2 fully saturated rings. The van der Waals surface area contributed by atoms with Gasteiger partial charge in [0.05, 0.1) is 12.0 Å². The van der Waals surface area contributed by atoms with Crippen LogP contribution in [0.4, 0.5) is 11.4 Å². The minimum absolute atomic E-state index is 0.0910. The number of piperazine rings is 1. The Kier molecular flexibility index (Phi) is 5.41. The standard InChI is InChI=1S/C19H29N3O2/c1-21-11-13-22(14-12-21)17-7-5-16(6-8-17)20-18(23)15-19(24)9-3-2-4-10-19/h5-8,24H,2-4,9-15H2,1H3,(H,20,23). The Morgan fingerprint density at radius 1 is 1.08 bits per heavy atom. The number of nitrogens with one attached hydrogen (secondary N) is 1. The summed E-state index contributed by atoms with van der Waals surface area (Å²) in [7, 11) is 2.15. The molecule has 1 amide bonds. The number of aliphatic hydroxyl groups is 1. The Labute approximate surface area is 144 Å². The van der Waals surface area contributed by atoms with Crippen molar-refractivity contribution < 1.29 is 9.90 Å². The Morgan fingerprint density at radius 2 is 1.71 bits per heavy atom. The van der Waals surface area contributed by atoms with Crippen molar-refractivity contribution in [2.24, 2.45) is 0 Å². The minimum atomic E-state index is -0.803. The average Bonchev–Trinajstić information content (AvgIpc) is 2.56. The number of likely N-dealkylation sites (N-methyl/N-ethyl adjacent to an activating group) is 1. The normalized spacial score (nSPS) is 21.5. The monoisotopic (exact) mass is 331 g/mol. The van der Waals surface area contributed by atoms with Crippen LogP contribution in [0, 0.1) is 0 Å². The van der Waals surface area contributed by atoms with Crippen LogP contribution in [0.2, 0.25) is 0 Å². The average molecular weight is 331 g/mol. The molecule has 5 nitrogen and oxygen atoms in total. The molecule has 0 bridgehead atoms. The van der Waals surface area contributed by atoms with E-state index in [2.05, 4.69) is 34.3 Å². The Morgan fingerprint density at radius 3 is 2.33 bits per heavy atom. The minimum Gasteiger partial charge on any atom is -0.389 e. The van der Waals surface area contributed by atoms with E-state index in [-0.39, 0.29) is 12.3 Å². The summed E-state index contributed by atoms with van der Waals surface area (Å²) in [6, 6.07) is 8.04. The first-order valence-corrected chi connectivity index (χ1v) is 9.10. The van der Waals surface area contributed by atoms with Crippen LogP contribution in [0.5, 0.6) is 0 Å². The van der Waals surface area contributed by atoms with Crippen molar-refractivity contribution in [3.05, 3.63) is 24.3 Å². The second-order valence-corrected chi connectivity index (χ2v) is 7.35. The summed E-state index contributed by atoms with van der Waals surface area (Å²) in [6.45, 7) is 4.23. The van der Waals surface area contributed by atoms with E-state index in [0.29, 0.717) is 0 Å².